The van der Waals surface area contributed by atoms with E-state index in [4.69, 9.17) is 5.26 Å². The Morgan fingerprint density at radius 3 is 2.50 bits per heavy atom. The molecule has 2 rings (SSSR count). The Balaban J connectivity index is 1.96. The van der Waals surface area contributed by atoms with Crippen LogP contribution in [0.1, 0.15) is 25.7 Å². The minimum Gasteiger partial charge on any atom is -0.372 e. The minimum atomic E-state index is -0.261. The number of carbonyl (C=O) groups excluding carboxylic acids is 1. The van der Waals surface area contributed by atoms with Gasteiger partial charge in [0.2, 0.25) is 5.91 Å². The highest BCUT2D eigenvalue weighted by Gasteiger charge is 2.10. The summed E-state index contributed by atoms with van der Waals surface area (Å²) in [6.45, 7) is 2.22. The maximum Gasteiger partial charge on any atom is 0.238 e. The van der Waals surface area contributed by atoms with Crippen molar-refractivity contribution < 1.29 is 4.79 Å². The van der Waals surface area contributed by atoms with Crippen LogP contribution in [0, 0.1) is 11.3 Å². The molecule has 1 saturated heterocycles. The zero-order valence-corrected chi connectivity index (χ0v) is 10.4. The summed E-state index contributed by atoms with van der Waals surface area (Å²) < 4.78 is 0. The number of piperidine rings is 1. The lowest BCUT2D eigenvalue weighted by atomic mass is 10.1. The topological polar surface area (TPSA) is 56.1 Å². The summed E-state index contributed by atoms with van der Waals surface area (Å²) in [5.41, 5.74) is 1.95. The number of nitriles is 1. The van der Waals surface area contributed by atoms with Crippen molar-refractivity contribution in [2.45, 2.75) is 25.7 Å². The second-order valence-electron chi connectivity index (χ2n) is 4.48. The van der Waals surface area contributed by atoms with E-state index in [1.807, 2.05) is 30.3 Å². The van der Waals surface area contributed by atoms with Gasteiger partial charge in [0.1, 0.15) is 6.42 Å². The molecule has 0 saturated carbocycles. The maximum absolute atomic E-state index is 11.3. The third-order valence-electron chi connectivity index (χ3n) is 3.11. The molecule has 1 fully saturated rings. The average molecular weight is 243 g/mol. The van der Waals surface area contributed by atoms with Gasteiger partial charge in [-0.2, -0.15) is 5.26 Å². The maximum atomic E-state index is 11.3. The number of hydrogen-bond acceptors (Lipinski definition) is 3. The van der Waals surface area contributed by atoms with E-state index in [2.05, 4.69) is 10.2 Å². The van der Waals surface area contributed by atoms with Crippen molar-refractivity contribution in [3.63, 3.8) is 0 Å². The van der Waals surface area contributed by atoms with Gasteiger partial charge in [0.25, 0.3) is 0 Å². The van der Waals surface area contributed by atoms with E-state index in [1.54, 1.807) is 0 Å². The second kappa shape index (κ2) is 6.06. The van der Waals surface area contributed by atoms with Gasteiger partial charge < -0.3 is 10.2 Å². The lowest BCUT2D eigenvalue weighted by Gasteiger charge is -2.28. The zero-order valence-electron chi connectivity index (χ0n) is 10.4. The zero-order chi connectivity index (χ0) is 12.8. The monoisotopic (exact) mass is 243 g/mol. The fraction of sp³-hybridized carbons (Fsp3) is 0.429. The van der Waals surface area contributed by atoms with Gasteiger partial charge in [0.15, 0.2) is 0 Å². The first kappa shape index (κ1) is 12.4. The number of nitrogens with zero attached hydrogens (tertiary/aromatic N) is 2. The van der Waals surface area contributed by atoms with Crippen molar-refractivity contribution in [1.29, 1.82) is 5.26 Å². The van der Waals surface area contributed by atoms with Crippen LogP contribution in [0.3, 0.4) is 0 Å². The summed E-state index contributed by atoms with van der Waals surface area (Å²) >= 11 is 0. The van der Waals surface area contributed by atoms with E-state index in [9.17, 15) is 4.79 Å². The van der Waals surface area contributed by atoms with E-state index in [0.717, 1.165) is 18.8 Å². The molecule has 18 heavy (non-hydrogen) atoms. The first-order valence-electron chi connectivity index (χ1n) is 6.31. The van der Waals surface area contributed by atoms with Crippen molar-refractivity contribution in [1.82, 2.24) is 0 Å². The fourth-order valence-electron chi connectivity index (χ4n) is 2.18. The highest BCUT2D eigenvalue weighted by Crippen LogP contribution is 2.21. The van der Waals surface area contributed by atoms with Crippen LogP contribution in [-0.2, 0) is 4.79 Å². The molecule has 1 aliphatic heterocycles. The Labute approximate surface area is 107 Å². The first-order valence-corrected chi connectivity index (χ1v) is 6.31. The Hall–Kier alpha value is -2.02. The summed E-state index contributed by atoms with van der Waals surface area (Å²) in [4.78, 5) is 13.6. The summed E-state index contributed by atoms with van der Waals surface area (Å²) in [6, 6.07) is 9.65. The smallest absolute Gasteiger partial charge is 0.238 e. The first-order chi connectivity index (χ1) is 8.79. The van der Waals surface area contributed by atoms with E-state index >= 15 is 0 Å². The van der Waals surface area contributed by atoms with Gasteiger partial charge >= 0.3 is 0 Å². The molecular weight excluding hydrogens is 226 g/mol. The van der Waals surface area contributed by atoms with E-state index in [0.29, 0.717) is 0 Å². The highest BCUT2D eigenvalue weighted by atomic mass is 16.1. The molecule has 4 heteroatoms. The minimum absolute atomic E-state index is 0.103. The average Bonchev–Trinajstić information content (AvgIpc) is 2.41. The lowest BCUT2D eigenvalue weighted by Crippen LogP contribution is -2.29. The summed E-state index contributed by atoms with van der Waals surface area (Å²) in [5.74, 6) is -0.261. The summed E-state index contributed by atoms with van der Waals surface area (Å²) in [5, 5.41) is 11.1. The van der Waals surface area contributed by atoms with Crippen molar-refractivity contribution in [3.05, 3.63) is 24.3 Å². The molecule has 0 aromatic heterocycles. The molecule has 94 valence electrons. The van der Waals surface area contributed by atoms with Gasteiger partial charge in [-0.05, 0) is 43.5 Å². The van der Waals surface area contributed by atoms with Crippen LogP contribution in [0.25, 0.3) is 0 Å². The van der Waals surface area contributed by atoms with Crippen molar-refractivity contribution in [2.24, 2.45) is 0 Å². The molecule has 0 aliphatic carbocycles. The molecule has 1 heterocycles. The van der Waals surface area contributed by atoms with Crippen LogP contribution < -0.4 is 10.2 Å². The lowest BCUT2D eigenvalue weighted by molar-refractivity contribution is -0.115. The Morgan fingerprint density at radius 1 is 1.22 bits per heavy atom. The SMILES string of the molecule is N#CCC(=O)Nc1ccc(N2CCCCC2)cc1. The van der Waals surface area contributed by atoms with Gasteiger partial charge in [0, 0.05) is 24.5 Å². The normalized spacial score (nSPS) is 14.9. The van der Waals surface area contributed by atoms with Crippen LogP contribution >= 0.6 is 0 Å². The van der Waals surface area contributed by atoms with Gasteiger partial charge in [-0.25, -0.2) is 0 Å². The fourth-order valence-corrected chi connectivity index (χ4v) is 2.18. The highest BCUT2D eigenvalue weighted by molar-refractivity contribution is 5.92. The molecule has 4 nitrogen and oxygen atoms in total. The largest absolute Gasteiger partial charge is 0.372 e. The molecule has 0 radical (unpaired) electrons. The predicted molar refractivity (Wildman–Crippen MR) is 71.4 cm³/mol. The third-order valence-corrected chi connectivity index (χ3v) is 3.11. The molecule has 1 aromatic rings. The Morgan fingerprint density at radius 2 is 1.89 bits per heavy atom. The molecule has 1 N–H and O–H groups in total. The number of nitrogens with one attached hydrogen (secondary N) is 1. The Kier molecular flexibility index (Phi) is 4.19. The van der Waals surface area contributed by atoms with Crippen LogP contribution in [0.15, 0.2) is 24.3 Å². The molecular formula is C14H17N3O. The molecule has 0 atom stereocenters. The van der Waals surface area contributed by atoms with E-state index in [1.165, 1.54) is 24.9 Å². The van der Waals surface area contributed by atoms with Gasteiger partial charge in [0.05, 0.1) is 6.07 Å². The third kappa shape index (κ3) is 3.24. The molecule has 0 bridgehead atoms. The molecule has 1 aliphatic rings. The number of amides is 1. The number of hydrogen-bond donors (Lipinski definition) is 1. The predicted octanol–water partition coefficient (Wildman–Crippen LogP) is 2.53. The molecule has 1 aromatic carbocycles. The van der Waals surface area contributed by atoms with Gasteiger partial charge in [-0.3, -0.25) is 4.79 Å². The van der Waals surface area contributed by atoms with Crippen LogP contribution in [0.2, 0.25) is 0 Å². The quantitative estimate of drug-likeness (QED) is 0.887. The van der Waals surface area contributed by atoms with Crippen molar-refractivity contribution in [2.75, 3.05) is 23.3 Å². The van der Waals surface area contributed by atoms with Crippen LogP contribution in [0.5, 0.6) is 0 Å². The number of anilines is 2. The summed E-state index contributed by atoms with van der Waals surface area (Å²) in [6.07, 6.45) is 3.72. The van der Waals surface area contributed by atoms with Gasteiger partial charge in [-0.15, -0.1) is 0 Å². The molecule has 0 spiro atoms. The number of carbonyl (C=O) groups is 1. The standard InChI is InChI=1S/C14H17N3O/c15-9-8-14(18)16-12-4-6-13(7-5-12)17-10-2-1-3-11-17/h4-7H,1-3,8,10-11H2,(H,16,18). The van der Waals surface area contributed by atoms with Crippen LogP contribution in [0.4, 0.5) is 11.4 Å². The molecule has 0 unspecified atom stereocenters. The number of benzene rings is 1. The number of rotatable bonds is 3. The Bertz CT molecular complexity index is 441. The second-order valence-corrected chi connectivity index (χ2v) is 4.48. The van der Waals surface area contributed by atoms with E-state index < -0.39 is 0 Å². The van der Waals surface area contributed by atoms with Crippen molar-refractivity contribution >= 4 is 17.3 Å². The summed E-state index contributed by atoms with van der Waals surface area (Å²) in [7, 11) is 0. The van der Waals surface area contributed by atoms with E-state index in [-0.39, 0.29) is 12.3 Å². The molecule has 1 amide bonds. The van der Waals surface area contributed by atoms with Gasteiger partial charge in [-0.1, -0.05) is 0 Å². The van der Waals surface area contributed by atoms with Crippen molar-refractivity contribution in [3.8, 4) is 6.07 Å². The van der Waals surface area contributed by atoms with Crippen LogP contribution in [-0.4, -0.2) is 19.0 Å².